The molecule has 0 aliphatic heterocycles. The SMILES string of the molecule is OC(O)C[C@H]1CCCC1/C=C/CCOc1cccc(C(F)(F)F)c1. The third kappa shape index (κ3) is 5.83. The summed E-state index contributed by atoms with van der Waals surface area (Å²) in [5.41, 5.74) is -0.716. The quantitative estimate of drug-likeness (QED) is 0.444. The van der Waals surface area contributed by atoms with Crippen molar-refractivity contribution in [1.29, 1.82) is 0 Å². The lowest BCUT2D eigenvalue weighted by Crippen LogP contribution is -2.15. The number of aliphatic hydroxyl groups is 2. The lowest BCUT2D eigenvalue weighted by molar-refractivity contribution is -0.137. The molecule has 1 unspecified atom stereocenters. The largest absolute Gasteiger partial charge is 0.493 e. The summed E-state index contributed by atoms with van der Waals surface area (Å²) < 4.78 is 43.2. The molecule has 2 N–H and O–H groups in total. The maximum atomic E-state index is 12.6. The highest BCUT2D eigenvalue weighted by atomic mass is 19.4. The van der Waals surface area contributed by atoms with E-state index >= 15 is 0 Å². The molecule has 0 spiro atoms. The molecule has 2 rings (SSSR count). The van der Waals surface area contributed by atoms with Crippen molar-refractivity contribution in [2.45, 2.75) is 44.6 Å². The standard InChI is InChI=1S/C18H23F3O3/c19-18(20,21)15-8-4-9-16(12-15)24-10-2-1-5-13-6-3-7-14(13)11-17(22)23/h1,4-5,8-9,12-14,17,22-23H,2-3,6-7,10-11H2/b5-1+/t13?,14-/m1/s1. The monoisotopic (exact) mass is 344 g/mol. The van der Waals surface area contributed by atoms with Crippen LogP contribution in [0.2, 0.25) is 0 Å². The Morgan fingerprint density at radius 1 is 1.25 bits per heavy atom. The average molecular weight is 344 g/mol. The molecule has 0 heterocycles. The molecule has 0 radical (unpaired) electrons. The molecule has 0 aromatic heterocycles. The van der Waals surface area contributed by atoms with E-state index in [9.17, 15) is 13.2 Å². The van der Waals surface area contributed by atoms with Crippen LogP contribution in [0.1, 0.15) is 37.7 Å². The zero-order valence-electron chi connectivity index (χ0n) is 13.4. The number of benzene rings is 1. The summed E-state index contributed by atoms with van der Waals surface area (Å²) in [5.74, 6) is 0.825. The molecule has 1 fully saturated rings. The van der Waals surface area contributed by atoms with E-state index in [0.29, 0.717) is 25.4 Å². The normalized spacial score (nSPS) is 21.8. The topological polar surface area (TPSA) is 49.7 Å². The fourth-order valence-corrected chi connectivity index (χ4v) is 3.16. The number of ether oxygens (including phenoxy) is 1. The molecule has 3 nitrogen and oxygen atoms in total. The lowest BCUT2D eigenvalue weighted by atomic mass is 9.92. The van der Waals surface area contributed by atoms with Crippen molar-refractivity contribution >= 4 is 0 Å². The zero-order chi connectivity index (χ0) is 17.6. The van der Waals surface area contributed by atoms with Crippen molar-refractivity contribution in [3.63, 3.8) is 0 Å². The summed E-state index contributed by atoms with van der Waals surface area (Å²) in [6.45, 7) is 0.303. The minimum Gasteiger partial charge on any atom is -0.493 e. The van der Waals surface area contributed by atoms with Crippen molar-refractivity contribution in [2.24, 2.45) is 11.8 Å². The van der Waals surface area contributed by atoms with Gasteiger partial charge in [0, 0.05) is 6.42 Å². The Hall–Kier alpha value is -1.53. The van der Waals surface area contributed by atoms with Gasteiger partial charge in [-0.3, -0.25) is 0 Å². The molecule has 2 atom stereocenters. The summed E-state index contributed by atoms with van der Waals surface area (Å²) in [7, 11) is 0. The minimum absolute atomic E-state index is 0.209. The molecule has 1 aliphatic rings. The predicted molar refractivity (Wildman–Crippen MR) is 84.4 cm³/mol. The summed E-state index contributed by atoms with van der Waals surface area (Å²) in [6.07, 6.45) is 2.47. The molecule has 24 heavy (non-hydrogen) atoms. The Morgan fingerprint density at radius 3 is 2.75 bits per heavy atom. The first-order valence-electron chi connectivity index (χ1n) is 8.19. The Bertz CT molecular complexity index is 541. The fraction of sp³-hybridized carbons (Fsp3) is 0.556. The van der Waals surface area contributed by atoms with Gasteiger partial charge < -0.3 is 14.9 Å². The van der Waals surface area contributed by atoms with E-state index in [1.54, 1.807) is 0 Å². The third-order valence-electron chi connectivity index (χ3n) is 4.33. The van der Waals surface area contributed by atoms with Gasteiger partial charge in [0.25, 0.3) is 0 Å². The van der Waals surface area contributed by atoms with Crippen LogP contribution < -0.4 is 4.74 Å². The second-order valence-electron chi connectivity index (χ2n) is 6.16. The van der Waals surface area contributed by atoms with Crippen LogP contribution in [0, 0.1) is 11.8 Å². The molecular weight excluding hydrogens is 321 g/mol. The highest BCUT2D eigenvalue weighted by Gasteiger charge is 2.30. The summed E-state index contributed by atoms with van der Waals surface area (Å²) >= 11 is 0. The molecule has 0 bridgehead atoms. The van der Waals surface area contributed by atoms with Gasteiger partial charge in [0.05, 0.1) is 12.2 Å². The van der Waals surface area contributed by atoms with E-state index in [2.05, 4.69) is 6.08 Å². The number of halogens is 3. The molecule has 134 valence electrons. The molecule has 1 aromatic carbocycles. The van der Waals surface area contributed by atoms with Crippen LogP contribution in [-0.2, 0) is 6.18 Å². The Kier molecular flexibility index (Phi) is 6.69. The highest BCUT2D eigenvalue weighted by Crippen LogP contribution is 2.35. The van der Waals surface area contributed by atoms with E-state index in [0.717, 1.165) is 31.4 Å². The van der Waals surface area contributed by atoms with Gasteiger partial charge in [0.15, 0.2) is 6.29 Å². The lowest BCUT2D eigenvalue weighted by Gasteiger charge is -2.17. The predicted octanol–water partition coefficient (Wildman–Crippen LogP) is 4.15. The molecule has 1 aliphatic carbocycles. The van der Waals surface area contributed by atoms with Crippen LogP contribution in [0.5, 0.6) is 5.75 Å². The smallest absolute Gasteiger partial charge is 0.416 e. The fourth-order valence-electron chi connectivity index (χ4n) is 3.16. The molecule has 6 heteroatoms. The number of hydrogen-bond donors (Lipinski definition) is 2. The van der Waals surface area contributed by atoms with Crippen LogP contribution in [0.4, 0.5) is 13.2 Å². The van der Waals surface area contributed by atoms with E-state index in [1.807, 2.05) is 6.08 Å². The van der Waals surface area contributed by atoms with Crippen LogP contribution >= 0.6 is 0 Å². The summed E-state index contributed by atoms with van der Waals surface area (Å²) in [5, 5.41) is 18.2. The number of alkyl halides is 3. The van der Waals surface area contributed by atoms with Gasteiger partial charge >= 0.3 is 6.18 Å². The van der Waals surface area contributed by atoms with E-state index < -0.39 is 18.0 Å². The van der Waals surface area contributed by atoms with Crippen LogP contribution in [0.15, 0.2) is 36.4 Å². The number of aliphatic hydroxyl groups excluding tert-OH is 1. The second-order valence-corrected chi connectivity index (χ2v) is 6.16. The number of allylic oxidation sites excluding steroid dienone is 1. The molecule has 1 saturated carbocycles. The Labute approximate surface area is 139 Å². The average Bonchev–Trinajstić information content (AvgIpc) is 2.93. The second kappa shape index (κ2) is 8.53. The van der Waals surface area contributed by atoms with Crippen LogP contribution in [0.25, 0.3) is 0 Å². The highest BCUT2D eigenvalue weighted by molar-refractivity contribution is 5.30. The van der Waals surface area contributed by atoms with Gasteiger partial charge in [0.1, 0.15) is 5.75 Å². The zero-order valence-corrected chi connectivity index (χ0v) is 13.4. The summed E-state index contributed by atoms with van der Waals surface area (Å²) in [4.78, 5) is 0. The van der Waals surface area contributed by atoms with Gasteiger partial charge in [-0.2, -0.15) is 13.2 Å². The van der Waals surface area contributed by atoms with Gasteiger partial charge in [-0.15, -0.1) is 0 Å². The molecule has 1 aromatic rings. The number of hydrogen-bond acceptors (Lipinski definition) is 3. The van der Waals surface area contributed by atoms with Crippen LogP contribution in [0.3, 0.4) is 0 Å². The first-order chi connectivity index (χ1) is 11.4. The van der Waals surface area contributed by atoms with Gasteiger partial charge in [-0.1, -0.05) is 24.6 Å². The van der Waals surface area contributed by atoms with E-state index in [1.165, 1.54) is 12.1 Å². The number of rotatable bonds is 7. The van der Waals surface area contributed by atoms with Crippen molar-refractivity contribution in [2.75, 3.05) is 6.61 Å². The Balaban J connectivity index is 1.76. The summed E-state index contributed by atoms with van der Waals surface area (Å²) in [6, 6.07) is 4.86. The molecular formula is C18H23F3O3. The van der Waals surface area contributed by atoms with Crippen molar-refractivity contribution in [3.05, 3.63) is 42.0 Å². The van der Waals surface area contributed by atoms with Gasteiger partial charge in [-0.05, 0) is 49.3 Å². The first-order valence-corrected chi connectivity index (χ1v) is 8.19. The van der Waals surface area contributed by atoms with Crippen molar-refractivity contribution in [1.82, 2.24) is 0 Å². The molecule has 0 amide bonds. The van der Waals surface area contributed by atoms with E-state index in [4.69, 9.17) is 14.9 Å². The Morgan fingerprint density at radius 2 is 2.04 bits per heavy atom. The van der Waals surface area contributed by atoms with Crippen LogP contribution in [-0.4, -0.2) is 23.1 Å². The third-order valence-corrected chi connectivity index (χ3v) is 4.33. The van der Waals surface area contributed by atoms with Gasteiger partial charge in [-0.25, -0.2) is 0 Å². The maximum Gasteiger partial charge on any atom is 0.416 e. The molecule has 0 saturated heterocycles. The first kappa shape index (κ1) is 18.8. The van der Waals surface area contributed by atoms with Gasteiger partial charge in [0.2, 0.25) is 0 Å². The maximum absolute atomic E-state index is 12.6. The van der Waals surface area contributed by atoms with Crippen molar-refractivity contribution < 1.29 is 28.1 Å². The van der Waals surface area contributed by atoms with Crippen molar-refractivity contribution in [3.8, 4) is 5.75 Å². The minimum atomic E-state index is -4.37. The van der Waals surface area contributed by atoms with E-state index in [-0.39, 0.29) is 11.7 Å².